The number of carbonyl (C=O) groups is 2. The van der Waals surface area contributed by atoms with E-state index in [0.29, 0.717) is 28.3 Å². The van der Waals surface area contributed by atoms with Gasteiger partial charge in [-0.25, -0.2) is 0 Å². The zero-order valence-corrected chi connectivity index (χ0v) is 22.0. The Kier molecular flexibility index (Phi) is 8.24. The van der Waals surface area contributed by atoms with Gasteiger partial charge < -0.3 is 25.6 Å². The lowest BCUT2D eigenvalue weighted by Gasteiger charge is -2.29. The SMILES string of the molecule is Cc1ccc(NC(=O)c2cccc(N3CCCCC3)c2)cc1NC(=O)c1cccc(OC2CCNCC2)c1. The van der Waals surface area contributed by atoms with Crippen molar-refractivity contribution in [3.05, 3.63) is 83.4 Å². The van der Waals surface area contributed by atoms with Crippen molar-refractivity contribution in [2.45, 2.75) is 45.1 Å². The van der Waals surface area contributed by atoms with Gasteiger partial charge in [-0.05, 0) is 106 Å². The fourth-order valence-electron chi connectivity index (χ4n) is 5.04. The standard InChI is InChI=1S/C31H36N4O3/c1-22-11-12-25(33-30(36)23-7-5-9-26(19-23)35-17-3-2-4-18-35)21-29(22)34-31(37)24-8-6-10-28(20-24)38-27-13-15-32-16-14-27/h5-12,19-21,27,32H,2-4,13-18H2,1H3,(H,33,36)(H,34,37). The number of amides is 2. The highest BCUT2D eigenvalue weighted by Crippen LogP contribution is 2.25. The Labute approximate surface area is 224 Å². The van der Waals surface area contributed by atoms with Crippen LogP contribution in [-0.4, -0.2) is 44.1 Å². The Balaban J connectivity index is 1.24. The van der Waals surface area contributed by atoms with E-state index >= 15 is 0 Å². The van der Waals surface area contributed by atoms with Crippen molar-refractivity contribution < 1.29 is 14.3 Å². The zero-order valence-electron chi connectivity index (χ0n) is 22.0. The number of ether oxygens (including phenoxy) is 1. The average molecular weight is 513 g/mol. The number of benzene rings is 3. The molecule has 38 heavy (non-hydrogen) atoms. The smallest absolute Gasteiger partial charge is 0.255 e. The van der Waals surface area contributed by atoms with Gasteiger partial charge in [0.2, 0.25) is 0 Å². The summed E-state index contributed by atoms with van der Waals surface area (Å²) in [6.45, 7) is 5.88. The maximum atomic E-state index is 13.1. The minimum absolute atomic E-state index is 0.164. The van der Waals surface area contributed by atoms with Gasteiger partial charge in [0.1, 0.15) is 11.9 Å². The summed E-state index contributed by atoms with van der Waals surface area (Å²) in [6, 6.07) is 20.6. The van der Waals surface area contributed by atoms with Crippen LogP contribution in [0.15, 0.2) is 66.7 Å². The number of carbonyl (C=O) groups excluding carboxylic acids is 2. The number of nitrogens with one attached hydrogen (secondary N) is 3. The summed E-state index contributed by atoms with van der Waals surface area (Å²) in [5.74, 6) is 0.309. The highest BCUT2D eigenvalue weighted by atomic mass is 16.5. The minimum atomic E-state index is -0.221. The number of anilines is 3. The molecular weight excluding hydrogens is 476 g/mol. The molecule has 0 spiro atoms. The highest BCUT2D eigenvalue weighted by molar-refractivity contribution is 6.07. The summed E-state index contributed by atoms with van der Waals surface area (Å²) in [4.78, 5) is 28.5. The van der Waals surface area contributed by atoms with E-state index in [9.17, 15) is 9.59 Å². The minimum Gasteiger partial charge on any atom is -0.490 e. The first-order chi connectivity index (χ1) is 18.5. The molecule has 7 nitrogen and oxygen atoms in total. The average Bonchev–Trinajstić information content (AvgIpc) is 2.96. The molecule has 2 aliphatic rings. The molecular formula is C31H36N4O3. The first-order valence-electron chi connectivity index (χ1n) is 13.6. The van der Waals surface area contributed by atoms with Crippen molar-refractivity contribution in [3.8, 4) is 5.75 Å². The van der Waals surface area contributed by atoms with Gasteiger partial charge in [-0.2, -0.15) is 0 Å². The van der Waals surface area contributed by atoms with Gasteiger partial charge in [0.25, 0.3) is 11.8 Å². The lowest BCUT2D eigenvalue weighted by molar-refractivity contribution is 0.101. The van der Waals surface area contributed by atoms with E-state index in [1.165, 1.54) is 19.3 Å². The number of hydrogen-bond donors (Lipinski definition) is 3. The fourth-order valence-corrected chi connectivity index (χ4v) is 5.04. The molecule has 2 saturated heterocycles. The molecule has 3 N–H and O–H groups in total. The van der Waals surface area contributed by atoms with Crippen molar-refractivity contribution in [2.24, 2.45) is 0 Å². The van der Waals surface area contributed by atoms with Crippen LogP contribution in [0, 0.1) is 6.92 Å². The predicted molar refractivity (Wildman–Crippen MR) is 153 cm³/mol. The van der Waals surface area contributed by atoms with Crippen molar-refractivity contribution in [1.29, 1.82) is 0 Å². The number of rotatable bonds is 7. The van der Waals surface area contributed by atoms with Crippen LogP contribution in [0.4, 0.5) is 17.1 Å². The van der Waals surface area contributed by atoms with Gasteiger partial charge >= 0.3 is 0 Å². The molecule has 0 bridgehead atoms. The third kappa shape index (κ3) is 6.53. The van der Waals surface area contributed by atoms with Gasteiger partial charge in [0, 0.05) is 41.3 Å². The van der Waals surface area contributed by atoms with Crippen LogP contribution >= 0.6 is 0 Å². The third-order valence-corrected chi connectivity index (χ3v) is 7.26. The molecule has 2 fully saturated rings. The third-order valence-electron chi connectivity index (χ3n) is 7.26. The summed E-state index contributed by atoms with van der Waals surface area (Å²) in [5.41, 5.74) is 4.41. The lowest BCUT2D eigenvalue weighted by atomic mass is 10.1. The Hall–Kier alpha value is -3.84. The van der Waals surface area contributed by atoms with Crippen LogP contribution in [0.1, 0.15) is 58.4 Å². The van der Waals surface area contributed by atoms with Gasteiger partial charge in [-0.1, -0.05) is 18.2 Å². The maximum absolute atomic E-state index is 13.1. The molecule has 0 unspecified atom stereocenters. The molecule has 3 aromatic carbocycles. The highest BCUT2D eigenvalue weighted by Gasteiger charge is 2.17. The molecule has 0 atom stereocenters. The fraction of sp³-hybridized carbons (Fsp3) is 0.355. The van der Waals surface area contributed by atoms with E-state index in [1.54, 1.807) is 18.2 Å². The quantitative estimate of drug-likeness (QED) is 0.383. The van der Waals surface area contributed by atoms with Crippen molar-refractivity contribution >= 4 is 28.9 Å². The normalized spacial score (nSPS) is 16.1. The summed E-state index contributed by atoms with van der Waals surface area (Å²) in [7, 11) is 0. The largest absolute Gasteiger partial charge is 0.490 e. The number of nitrogens with zero attached hydrogens (tertiary/aromatic N) is 1. The summed E-state index contributed by atoms with van der Waals surface area (Å²) in [5, 5.41) is 9.32. The van der Waals surface area contributed by atoms with E-state index in [2.05, 4.69) is 26.9 Å². The molecule has 2 amide bonds. The zero-order chi connectivity index (χ0) is 26.3. The second kappa shape index (κ2) is 12.1. The van der Waals surface area contributed by atoms with Crippen LogP contribution in [-0.2, 0) is 0 Å². The van der Waals surface area contributed by atoms with Crippen LogP contribution in [0.2, 0.25) is 0 Å². The number of aryl methyl sites for hydroxylation is 1. The Morgan fingerprint density at radius 1 is 0.842 bits per heavy atom. The molecule has 0 saturated carbocycles. The monoisotopic (exact) mass is 512 g/mol. The van der Waals surface area contributed by atoms with Gasteiger partial charge in [-0.3, -0.25) is 9.59 Å². The first kappa shape index (κ1) is 25.8. The molecule has 0 aromatic heterocycles. The molecule has 198 valence electrons. The Morgan fingerprint density at radius 3 is 2.34 bits per heavy atom. The topological polar surface area (TPSA) is 82.7 Å². The number of piperidine rings is 2. The van der Waals surface area contributed by atoms with E-state index < -0.39 is 0 Å². The molecule has 0 radical (unpaired) electrons. The van der Waals surface area contributed by atoms with Gasteiger partial charge in [-0.15, -0.1) is 0 Å². The van der Waals surface area contributed by atoms with E-state index in [-0.39, 0.29) is 17.9 Å². The first-order valence-corrected chi connectivity index (χ1v) is 13.6. The van der Waals surface area contributed by atoms with Crippen LogP contribution in [0.5, 0.6) is 5.75 Å². The van der Waals surface area contributed by atoms with Crippen molar-refractivity contribution in [3.63, 3.8) is 0 Å². The molecule has 2 heterocycles. The molecule has 5 rings (SSSR count). The van der Waals surface area contributed by atoms with Gasteiger partial charge in [0.15, 0.2) is 0 Å². The molecule has 7 heteroatoms. The molecule has 2 aliphatic heterocycles. The van der Waals surface area contributed by atoms with Crippen molar-refractivity contribution in [1.82, 2.24) is 5.32 Å². The van der Waals surface area contributed by atoms with E-state index in [1.807, 2.05) is 49.4 Å². The van der Waals surface area contributed by atoms with Gasteiger partial charge in [0.05, 0.1) is 0 Å². The van der Waals surface area contributed by atoms with E-state index in [4.69, 9.17) is 4.74 Å². The Bertz CT molecular complexity index is 1280. The maximum Gasteiger partial charge on any atom is 0.255 e. The number of hydrogen-bond acceptors (Lipinski definition) is 5. The van der Waals surface area contributed by atoms with Crippen LogP contribution < -0.4 is 25.6 Å². The van der Waals surface area contributed by atoms with Crippen LogP contribution in [0.3, 0.4) is 0 Å². The van der Waals surface area contributed by atoms with Crippen LogP contribution in [0.25, 0.3) is 0 Å². The Morgan fingerprint density at radius 2 is 1.55 bits per heavy atom. The predicted octanol–water partition coefficient (Wildman–Crippen LogP) is 5.62. The molecule has 3 aromatic rings. The van der Waals surface area contributed by atoms with Crippen molar-refractivity contribution in [2.75, 3.05) is 41.7 Å². The second-order valence-corrected chi connectivity index (χ2v) is 10.1. The lowest BCUT2D eigenvalue weighted by Crippen LogP contribution is -2.34. The molecule has 0 aliphatic carbocycles. The second-order valence-electron chi connectivity index (χ2n) is 10.1. The summed E-state index contributed by atoms with van der Waals surface area (Å²) >= 11 is 0. The summed E-state index contributed by atoms with van der Waals surface area (Å²) in [6.07, 6.45) is 5.71. The van der Waals surface area contributed by atoms with E-state index in [0.717, 1.165) is 50.3 Å². The summed E-state index contributed by atoms with van der Waals surface area (Å²) < 4.78 is 6.10.